The van der Waals surface area contributed by atoms with Crippen molar-refractivity contribution in [1.82, 2.24) is 9.72 Å². The summed E-state index contributed by atoms with van der Waals surface area (Å²) >= 11 is 0. The Labute approximate surface area is 196 Å². The second-order valence-electron chi connectivity index (χ2n) is 8.04. The first-order valence-electron chi connectivity index (χ1n) is 10.8. The van der Waals surface area contributed by atoms with Crippen LogP contribution >= 0.6 is 0 Å². The highest BCUT2D eigenvalue weighted by Gasteiger charge is 2.21. The van der Waals surface area contributed by atoms with Crippen LogP contribution in [0.15, 0.2) is 75.1 Å². The molecule has 1 saturated heterocycles. The van der Waals surface area contributed by atoms with E-state index in [1.165, 1.54) is 30.5 Å². The second kappa shape index (κ2) is 8.96. The first-order chi connectivity index (χ1) is 16.5. The molecule has 34 heavy (non-hydrogen) atoms. The minimum Gasteiger partial charge on any atom is -0.495 e. The van der Waals surface area contributed by atoms with Crippen molar-refractivity contribution < 1.29 is 22.4 Å². The van der Waals surface area contributed by atoms with Gasteiger partial charge in [0.05, 0.1) is 23.2 Å². The summed E-state index contributed by atoms with van der Waals surface area (Å²) in [5.74, 6) is 0.970. The molecule has 0 amide bonds. The number of nitrogens with one attached hydrogen (secondary N) is 1. The Hall–Kier alpha value is -3.63. The number of rotatable bonds is 6. The summed E-state index contributed by atoms with van der Waals surface area (Å²) < 4.78 is 45.3. The van der Waals surface area contributed by atoms with E-state index in [0.717, 1.165) is 18.4 Å². The van der Waals surface area contributed by atoms with Crippen LogP contribution in [0.3, 0.4) is 0 Å². The largest absolute Gasteiger partial charge is 0.495 e. The summed E-state index contributed by atoms with van der Waals surface area (Å²) in [4.78, 5) is 13.1. The van der Waals surface area contributed by atoms with E-state index in [1.807, 2.05) is 18.2 Å². The first kappa shape index (κ1) is 22.2. The number of sulfonamides is 1. The predicted molar refractivity (Wildman–Crippen MR) is 126 cm³/mol. The molecule has 3 heterocycles. The van der Waals surface area contributed by atoms with Crippen molar-refractivity contribution in [2.24, 2.45) is 0 Å². The third-order valence-corrected chi connectivity index (χ3v) is 7.34. The minimum atomic E-state index is -3.89. The number of pyridine rings is 1. The first-order valence-corrected chi connectivity index (χ1v) is 12.3. The van der Waals surface area contributed by atoms with Gasteiger partial charge in [0.25, 0.3) is 15.6 Å². The predicted octanol–water partition coefficient (Wildman–Crippen LogP) is 3.68. The number of hydrogen-bond donors (Lipinski definition) is 1. The highest BCUT2D eigenvalue weighted by atomic mass is 32.2. The van der Waals surface area contributed by atoms with Crippen molar-refractivity contribution in [3.05, 3.63) is 76.8 Å². The zero-order valence-electron chi connectivity index (χ0n) is 18.4. The molecule has 5 rings (SSSR count). The van der Waals surface area contributed by atoms with Gasteiger partial charge >= 0.3 is 0 Å². The van der Waals surface area contributed by atoms with Crippen LogP contribution < -0.4 is 15.0 Å². The molecule has 1 aliphatic heterocycles. The molecule has 0 unspecified atom stereocenters. The molecule has 0 bridgehead atoms. The van der Waals surface area contributed by atoms with Gasteiger partial charge in [-0.25, -0.2) is 8.42 Å². The molecule has 1 N–H and O–H groups in total. The maximum absolute atomic E-state index is 13.0. The number of methoxy groups -OCH3 is 1. The minimum absolute atomic E-state index is 0.0381. The molecule has 0 aliphatic carbocycles. The van der Waals surface area contributed by atoms with Gasteiger partial charge in [0, 0.05) is 30.7 Å². The number of anilines is 1. The molecular formula is C24H23N3O6S. The normalized spacial score (nSPS) is 14.9. The van der Waals surface area contributed by atoms with Crippen molar-refractivity contribution in [3.63, 3.8) is 0 Å². The van der Waals surface area contributed by atoms with E-state index in [2.05, 4.69) is 14.4 Å². The van der Waals surface area contributed by atoms with Gasteiger partial charge in [-0.3, -0.25) is 14.1 Å². The smallest absolute Gasteiger partial charge is 0.263 e. The van der Waals surface area contributed by atoms with Gasteiger partial charge < -0.3 is 14.0 Å². The van der Waals surface area contributed by atoms with E-state index >= 15 is 0 Å². The lowest BCUT2D eigenvalue weighted by atomic mass is 9.91. The van der Waals surface area contributed by atoms with Crippen LogP contribution in [0.1, 0.15) is 24.3 Å². The number of aromatic nitrogens is 2. The molecule has 2 aromatic heterocycles. The van der Waals surface area contributed by atoms with Crippen LogP contribution in [0.4, 0.5) is 5.82 Å². The van der Waals surface area contributed by atoms with Crippen LogP contribution in [0.2, 0.25) is 0 Å². The van der Waals surface area contributed by atoms with Crippen LogP contribution in [-0.4, -0.2) is 38.5 Å². The zero-order chi connectivity index (χ0) is 23.7. The molecule has 0 saturated carbocycles. The third-order valence-electron chi connectivity index (χ3n) is 5.99. The third kappa shape index (κ3) is 4.17. The van der Waals surface area contributed by atoms with Crippen molar-refractivity contribution in [2.45, 2.75) is 23.7 Å². The SMILES string of the molecule is COc1ccc(C2CCOCC2)cc1-n1c(=O)ccc2cc(S(=O)(=O)Nc3ccon3)ccc21. The van der Waals surface area contributed by atoms with E-state index in [1.54, 1.807) is 23.8 Å². The highest BCUT2D eigenvalue weighted by Crippen LogP contribution is 2.33. The van der Waals surface area contributed by atoms with Gasteiger partial charge in [0.15, 0.2) is 5.82 Å². The van der Waals surface area contributed by atoms with Gasteiger partial charge in [-0.05, 0) is 60.7 Å². The maximum Gasteiger partial charge on any atom is 0.263 e. The molecule has 2 aromatic carbocycles. The number of fused-ring (bicyclic) bond motifs is 1. The summed E-state index contributed by atoms with van der Waals surface area (Å²) in [7, 11) is -2.33. The highest BCUT2D eigenvalue weighted by molar-refractivity contribution is 7.92. The molecule has 9 nitrogen and oxygen atoms in total. The average Bonchev–Trinajstić information content (AvgIpc) is 3.36. The van der Waals surface area contributed by atoms with Gasteiger partial charge in [0.2, 0.25) is 0 Å². The lowest BCUT2D eigenvalue weighted by Crippen LogP contribution is -2.20. The Balaban J connectivity index is 1.61. The summed E-state index contributed by atoms with van der Waals surface area (Å²) in [6.45, 7) is 1.42. The average molecular weight is 482 g/mol. The van der Waals surface area contributed by atoms with E-state index < -0.39 is 10.0 Å². The quantitative estimate of drug-likeness (QED) is 0.447. The number of benzene rings is 2. The molecule has 176 valence electrons. The van der Waals surface area contributed by atoms with Crippen molar-refractivity contribution in [3.8, 4) is 11.4 Å². The Morgan fingerprint density at radius 1 is 1.06 bits per heavy atom. The van der Waals surface area contributed by atoms with Crippen LogP contribution in [0.25, 0.3) is 16.6 Å². The monoisotopic (exact) mass is 481 g/mol. The van der Waals surface area contributed by atoms with Gasteiger partial charge in [0.1, 0.15) is 12.0 Å². The van der Waals surface area contributed by atoms with Crippen LogP contribution in [0, 0.1) is 0 Å². The molecule has 1 fully saturated rings. The molecule has 4 aromatic rings. The molecule has 0 radical (unpaired) electrons. The molecule has 0 atom stereocenters. The fraction of sp³-hybridized carbons (Fsp3) is 0.250. The van der Waals surface area contributed by atoms with E-state index in [9.17, 15) is 13.2 Å². The lowest BCUT2D eigenvalue weighted by molar-refractivity contribution is 0.0853. The number of nitrogens with zero attached hydrogens (tertiary/aromatic N) is 2. The summed E-state index contributed by atoms with van der Waals surface area (Å²) in [6.07, 6.45) is 3.10. The van der Waals surface area contributed by atoms with Crippen molar-refractivity contribution in [1.29, 1.82) is 0 Å². The Kier molecular flexibility index (Phi) is 5.84. The van der Waals surface area contributed by atoms with E-state index in [-0.39, 0.29) is 16.3 Å². The van der Waals surface area contributed by atoms with Gasteiger partial charge in [-0.2, -0.15) is 0 Å². The van der Waals surface area contributed by atoms with Crippen LogP contribution in [-0.2, 0) is 14.8 Å². The summed E-state index contributed by atoms with van der Waals surface area (Å²) in [5.41, 5.74) is 2.04. The van der Waals surface area contributed by atoms with E-state index in [0.29, 0.717) is 41.5 Å². The van der Waals surface area contributed by atoms with E-state index in [4.69, 9.17) is 9.47 Å². The van der Waals surface area contributed by atoms with Gasteiger partial charge in [-0.15, -0.1) is 0 Å². The summed E-state index contributed by atoms with van der Waals surface area (Å²) in [6, 6.07) is 14.9. The Bertz CT molecular complexity index is 1490. The van der Waals surface area contributed by atoms with Crippen molar-refractivity contribution in [2.75, 3.05) is 25.0 Å². The second-order valence-corrected chi connectivity index (χ2v) is 9.72. The van der Waals surface area contributed by atoms with Crippen LogP contribution in [0.5, 0.6) is 5.75 Å². The number of ether oxygens (including phenoxy) is 2. The standard InChI is InChI=1S/C24H23N3O6S/c1-31-22-6-2-17(16-8-11-32-12-9-16)15-21(22)27-20-5-4-19(14-18(20)3-7-24(27)28)34(29,30)26-23-10-13-33-25-23/h2-7,10,13-16H,8-9,11-12H2,1H3,(H,25,26). The fourth-order valence-corrected chi connectivity index (χ4v) is 5.30. The Morgan fingerprint density at radius 3 is 2.62 bits per heavy atom. The molecule has 1 aliphatic rings. The maximum atomic E-state index is 13.0. The molecular weight excluding hydrogens is 458 g/mol. The summed E-state index contributed by atoms with van der Waals surface area (Å²) in [5, 5.41) is 4.17. The zero-order valence-corrected chi connectivity index (χ0v) is 19.2. The van der Waals surface area contributed by atoms with Gasteiger partial charge in [-0.1, -0.05) is 11.2 Å². The number of hydrogen-bond acceptors (Lipinski definition) is 7. The Morgan fingerprint density at radius 2 is 1.88 bits per heavy atom. The molecule has 10 heteroatoms. The lowest BCUT2D eigenvalue weighted by Gasteiger charge is -2.24. The topological polar surface area (TPSA) is 113 Å². The fourth-order valence-electron chi connectivity index (χ4n) is 4.27. The molecule has 0 spiro atoms. The van der Waals surface area contributed by atoms with Crippen molar-refractivity contribution >= 4 is 26.7 Å².